The Bertz CT molecular complexity index is 1240. The molecule has 0 saturated heterocycles. The van der Waals surface area contributed by atoms with Crippen LogP contribution in [0.4, 0.5) is 0 Å². The minimum atomic E-state index is -3.96. The molecule has 0 saturated carbocycles. The smallest absolute Gasteiger partial charge is 0.322 e. The fraction of sp³-hybridized carbons (Fsp3) is 0.0556. The molecule has 1 aromatic heterocycles. The maximum Gasteiger partial charge on any atom is 0.322 e. The molecule has 29 heavy (non-hydrogen) atoms. The lowest BCUT2D eigenvalue weighted by molar-refractivity contribution is -0.135. The van der Waals surface area contributed by atoms with E-state index in [1.807, 2.05) is 0 Å². The molecule has 0 spiro atoms. The van der Waals surface area contributed by atoms with E-state index in [1.54, 1.807) is 0 Å². The summed E-state index contributed by atoms with van der Waals surface area (Å²) in [7, 11) is -3.96. The third-order valence-corrected chi connectivity index (χ3v) is 6.01. The Morgan fingerprint density at radius 3 is 2.28 bits per heavy atom. The monoisotopic (exact) mass is 454 g/mol. The highest BCUT2D eigenvalue weighted by molar-refractivity contribution is 7.91. The first-order valence-electron chi connectivity index (χ1n) is 7.93. The van der Waals surface area contributed by atoms with Gasteiger partial charge in [-0.3, -0.25) is 9.59 Å². The highest BCUT2D eigenvalue weighted by atomic mass is 35.5. The van der Waals surface area contributed by atoms with Crippen LogP contribution in [-0.2, 0) is 14.6 Å². The van der Waals surface area contributed by atoms with E-state index in [9.17, 15) is 23.1 Å². The van der Waals surface area contributed by atoms with Gasteiger partial charge < -0.3 is 15.5 Å². The zero-order valence-electron chi connectivity index (χ0n) is 14.4. The van der Waals surface area contributed by atoms with Crippen molar-refractivity contribution in [3.05, 3.63) is 58.2 Å². The first-order valence-corrected chi connectivity index (χ1v) is 10.2. The molecule has 0 fully saturated rings. The van der Waals surface area contributed by atoms with E-state index in [1.165, 1.54) is 42.5 Å². The summed E-state index contributed by atoms with van der Waals surface area (Å²) in [6, 6.07) is 9.03. The quantitative estimate of drug-likeness (QED) is 0.539. The largest absolute Gasteiger partial charge is 0.505 e. The Morgan fingerprint density at radius 1 is 1.00 bits per heavy atom. The number of carboxylic acids is 1. The first-order chi connectivity index (χ1) is 13.6. The number of carbonyl (C=O) groups is 2. The highest BCUT2D eigenvalue weighted by Gasteiger charge is 2.21. The van der Waals surface area contributed by atoms with Gasteiger partial charge in [0.05, 0.1) is 15.3 Å². The van der Waals surface area contributed by atoms with Crippen LogP contribution in [0.15, 0.2) is 52.3 Å². The van der Waals surface area contributed by atoms with Gasteiger partial charge in [0.2, 0.25) is 9.84 Å². The Balaban J connectivity index is 2.03. The maximum absolute atomic E-state index is 12.9. The normalized spacial score (nSPS) is 11.4. The maximum atomic E-state index is 12.9. The molecule has 0 atom stereocenters. The molecule has 3 rings (SSSR count). The molecule has 3 aromatic rings. The predicted octanol–water partition coefficient (Wildman–Crippen LogP) is 2.89. The second kappa shape index (κ2) is 7.86. The molecule has 1 heterocycles. The van der Waals surface area contributed by atoms with Crippen LogP contribution in [0.3, 0.4) is 0 Å². The highest BCUT2D eigenvalue weighted by Crippen LogP contribution is 2.30. The summed E-state index contributed by atoms with van der Waals surface area (Å²) in [5.41, 5.74) is -0.151. The van der Waals surface area contributed by atoms with Crippen LogP contribution >= 0.6 is 23.2 Å². The van der Waals surface area contributed by atoms with Gasteiger partial charge in [-0.2, -0.15) is 0 Å². The average molecular weight is 455 g/mol. The van der Waals surface area contributed by atoms with Crippen molar-refractivity contribution in [2.45, 2.75) is 9.79 Å². The second-order valence-corrected chi connectivity index (χ2v) is 8.72. The number of hydrogen-bond acceptors (Lipinski definition) is 6. The van der Waals surface area contributed by atoms with E-state index in [0.29, 0.717) is 0 Å². The molecular weight excluding hydrogens is 443 g/mol. The Labute approximate surface area is 174 Å². The van der Waals surface area contributed by atoms with E-state index in [-0.39, 0.29) is 36.4 Å². The van der Waals surface area contributed by atoms with Crippen molar-refractivity contribution in [2.24, 2.45) is 0 Å². The Kier molecular flexibility index (Phi) is 5.65. The van der Waals surface area contributed by atoms with Crippen molar-refractivity contribution in [1.82, 2.24) is 10.3 Å². The number of pyridine rings is 1. The number of halogens is 2. The lowest BCUT2D eigenvalue weighted by Gasteiger charge is -2.09. The molecule has 0 aliphatic carbocycles. The van der Waals surface area contributed by atoms with Crippen molar-refractivity contribution in [3.8, 4) is 5.75 Å². The first kappa shape index (κ1) is 20.8. The van der Waals surface area contributed by atoms with Gasteiger partial charge in [0.1, 0.15) is 12.3 Å². The fourth-order valence-corrected chi connectivity index (χ4v) is 4.56. The van der Waals surface area contributed by atoms with Gasteiger partial charge in [-0.05, 0) is 42.5 Å². The van der Waals surface area contributed by atoms with Gasteiger partial charge in [0, 0.05) is 15.4 Å². The molecule has 0 aliphatic rings. The molecule has 0 bridgehead atoms. The van der Waals surface area contributed by atoms with E-state index in [0.717, 1.165) is 0 Å². The fourth-order valence-electron chi connectivity index (χ4n) is 2.54. The number of nitrogens with zero attached hydrogens (tertiary/aromatic N) is 1. The van der Waals surface area contributed by atoms with E-state index >= 15 is 0 Å². The van der Waals surface area contributed by atoms with Crippen molar-refractivity contribution >= 4 is 55.8 Å². The summed E-state index contributed by atoms with van der Waals surface area (Å²) in [6.07, 6.45) is 0. The minimum Gasteiger partial charge on any atom is -0.505 e. The number of carbonyl (C=O) groups excluding carboxylic acids is 1. The number of sulfone groups is 1. The van der Waals surface area contributed by atoms with Gasteiger partial charge >= 0.3 is 5.97 Å². The van der Waals surface area contributed by atoms with Crippen molar-refractivity contribution in [3.63, 3.8) is 0 Å². The summed E-state index contributed by atoms with van der Waals surface area (Å²) < 4.78 is 25.7. The zero-order valence-corrected chi connectivity index (χ0v) is 16.7. The number of fused-ring (bicyclic) bond motifs is 1. The van der Waals surface area contributed by atoms with Crippen LogP contribution in [0.5, 0.6) is 5.75 Å². The molecule has 1 amide bonds. The molecule has 3 N–H and O–H groups in total. The third kappa shape index (κ3) is 4.42. The van der Waals surface area contributed by atoms with Gasteiger partial charge in [0.25, 0.3) is 5.91 Å². The Morgan fingerprint density at radius 2 is 1.66 bits per heavy atom. The van der Waals surface area contributed by atoms with Crippen LogP contribution in [0.1, 0.15) is 10.5 Å². The van der Waals surface area contributed by atoms with Crippen molar-refractivity contribution in [1.29, 1.82) is 0 Å². The summed E-state index contributed by atoms with van der Waals surface area (Å²) in [4.78, 5) is 26.3. The van der Waals surface area contributed by atoms with Crippen LogP contribution in [0, 0.1) is 0 Å². The van der Waals surface area contributed by atoms with E-state index in [2.05, 4.69) is 10.3 Å². The minimum absolute atomic E-state index is 0.0902. The van der Waals surface area contributed by atoms with Gasteiger partial charge in [-0.1, -0.05) is 23.2 Å². The number of rotatable bonds is 5. The van der Waals surface area contributed by atoms with Gasteiger partial charge in [-0.15, -0.1) is 0 Å². The average Bonchev–Trinajstić information content (AvgIpc) is 2.64. The zero-order chi connectivity index (χ0) is 21.3. The number of hydrogen-bond donors (Lipinski definition) is 3. The molecule has 0 unspecified atom stereocenters. The van der Waals surface area contributed by atoms with Crippen molar-refractivity contribution in [2.75, 3.05) is 6.54 Å². The number of carboxylic acid groups (broad SMARTS) is 1. The summed E-state index contributed by atoms with van der Waals surface area (Å²) in [5, 5.41) is 21.4. The molecule has 11 heteroatoms. The molecule has 2 aromatic carbocycles. The number of nitrogens with one attached hydrogen (secondary N) is 1. The van der Waals surface area contributed by atoms with Gasteiger partial charge in [-0.25, -0.2) is 13.4 Å². The lowest BCUT2D eigenvalue weighted by atomic mass is 10.2. The SMILES string of the molecule is O=C(O)CNC(=O)c1nc2ccc(S(=O)(=O)c3cc(Cl)cc(Cl)c3)cc2cc1O. The van der Waals surface area contributed by atoms with E-state index in [4.69, 9.17) is 28.3 Å². The van der Waals surface area contributed by atoms with E-state index < -0.39 is 34.0 Å². The summed E-state index contributed by atoms with van der Waals surface area (Å²) in [6.45, 7) is -0.642. The number of aliphatic carboxylic acids is 1. The number of aromatic nitrogens is 1. The summed E-state index contributed by atoms with van der Waals surface area (Å²) >= 11 is 11.8. The predicted molar refractivity (Wildman–Crippen MR) is 105 cm³/mol. The topological polar surface area (TPSA) is 134 Å². The molecule has 150 valence electrons. The van der Waals surface area contributed by atoms with Crippen molar-refractivity contribution < 1.29 is 28.2 Å². The third-order valence-electron chi connectivity index (χ3n) is 3.84. The number of aromatic hydroxyl groups is 1. The lowest BCUT2D eigenvalue weighted by Crippen LogP contribution is -2.29. The molecule has 8 nitrogen and oxygen atoms in total. The molecule has 0 radical (unpaired) electrons. The van der Waals surface area contributed by atoms with Crippen LogP contribution in [0.25, 0.3) is 10.9 Å². The number of benzene rings is 2. The molecular formula is C18H12Cl2N2O6S. The number of amides is 1. The van der Waals surface area contributed by atoms with Gasteiger partial charge in [0.15, 0.2) is 5.69 Å². The standard InChI is InChI=1S/C18H12Cl2N2O6S/c19-10-5-11(20)7-13(6-10)29(27,28)12-1-2-14-9(3-12)4-15(23)17(22-14)18(26)21-8-16(24)25/h1-7,23H,8H2,(H,21,26)(H,24,25). The van der Waals surface area contributed by atoms with Crippen LogP contribution in [0.2, 0.25) is 10.0 Å². The second-order valence-electron chi connectivity index (χ2n) is 5.90. The molecule has 0 aliphatic heterocycles. The van der Waals surface area contributed by atoms with Crippen LogP contribution in [-0.4, -0.2) is 42.0 Å². The van der Waals surface area contributed by atoms with Crippen LogP contribution < -0.4 is 5.32 Å². The Hall–Kier alpha value is -2.88. The summed E-state index contributed by atoms with van der Waals surface area (Å²) in [5.74, 6) is -2.66.